The molecule has 0 amide bonds. The van der Waals surface area contributed by atoms with Crippen LogP contribution in [0.1, 0.15) is 12.8 Å². The van der Waals surface area contributed by atoms with E-state index in [2.05, 4.69) is 0 Å². The zero-order valence-electron chi connectivity index (χ0n) is 10.4. The van der Waals surface area contributed by atoms with Crippen molar-refractivity contribution >= 4 is 10.0 Å². The summed E-state index contributed by atoms with van der Waals surface area (Å²) >= 11 is 0. The summed E-state index contributed by atoms with van der Waals surface area (Å²) in [7, 11) is -3.12. The van der Waals surface area contributed by atoms with Crippen LogP contribution in [-0.4, -0.2) is 36.6 Å². The van der Waals surface area contributed by atoms with Crippen LogP contribution in [-0.2, 0) is 16.6 Å². The van der Waals surface area contributed by atoms with Gasteiger partial charge in [0.25, 0.3) is 5.56 Å². The van der Waals surface area contributed by atoms with Gasteiger partial charge in [-0.25, -0.2) is 12.7 Å². The highest BCUT2D eigenvalue weighted by Gasteiger charge is 2.25. The summed E-state index contributed by atoms with van der Waals surface area (Å²) in [5.41, 5.74) is -0.0334. The maximum absolute atomic E-state index is 11.6. The van der Waals surface area contributed by atoms with Gasteiger partial charge in [-0.3, -0.25) is 4.79 Å². The third-order valence-corrected chi connectivity index (χ3v) is 4.57. The van der Waals surface area contributed by atoms with Gasteiger partial charge in [0, 0.05) is 31.9 Å². The van der Waals surface area contributed by atoms with Gasteiger partial charge in [-0.05, 0) is 24.8 Å². The van der Waals surface area contributed by atoms with E-state index in [1.54, 1.807) is 16.8 Å². The molecule has 0 bridgehead atoms. The first-order chi connectivity index (χ1) is 8.47. The minimum Gasteiger partial charge on any atom is -0.315 e. The number of hydrogen-bond acceptors (Lipinski definition) is 3. The fraction of sp³-hybridized carbons (Fsp3) is 0.583. The van der Waals surface area contributed by atoms with Crippen LogP contribution in [0, 0.1) is 5.92 Å². The van der Waals surface area contributed by atoms with E-state index in [9.17, 15) is 13.2 Å². The summed E-state index contributed by atoms with van der Waals surface area (Å²) in [6.07, 6.45) is 4.82. The van der Waals surface area contributed by atoms with Crippen molar-refractivity contribution in [2.75, 3.05) is 19.3 Å². The first-order valence-corrected chi connectivity index (χ1v) is 7.92. The molecule has 1 aromatic heterocycles. The molecular formula is C12H18N2O3S. The molecule has 0 saturated carbocycles. The smallest absolute Gasteiger partial charge is 0.250 e. The van der Waals surface area contributed by atoms with Gasteiger partial charge >= 0.3 is 0 Å². The number of hydrogen-bond donors (Lipinski definition) is 0. The summed E-state index contributed by atoms with van der Waals surface area (Å²) in [5, 5.41) is 0. The average molecular weight is 270 g/mol. The quantitative estimate of drug-likeness (QED) is 0.804. The van der Waals surface area contributed by atoms with Crippen molar-refractivity contribution in [3.63, 3.8) is 0 Å². The lowest BCUT2D eigenvalue weighted by atomic mass is 9.99. The Morgan fingerprint density at radius 3 is 2.83 bits per heavy atom. The molecule has 0 aromatic carbocycles. The molecule has 6 heteroatoms. The van der Waals surface area contributed by atoms with E-state index in [1.807, 2.05) is 6.07 Å². The Morgan fingerprint density at radius 1 is 1.39 bits per heavy atom. The Bertz CT molecular complexity index is 565. The molecule has 1 aliphatic rings. The Morgan fingerprint density at radius 2 is 2.17 bits per heavy atom. The van der Waals surface area contributed by atoms with Crippen LogP contribution in [0.2, 0.25) is 0 Å². The van der Waals surface area contributed by atoms with Crippen molar-refractivity contribution in [2.24, 2.45) is 5.92 Å². The second kappa shape index (κ2) is 5.24. The fourth-order valence-corrected chi connectivity index (χ4v) is 3.31. The SMILES string of the molecule is CS(=O)(=O)N1CCCC(Cn2ccccc2=O)C1. The zero-order valence-corrected chi connectivity index (χ0v) is 11.3. The highest BCUT2D eigenvalue weighted by Crippen LogP contribution is 2.19. The van der Waals surface area contributed by atoms with Gasteiger partial charge in [-0.1, -0.05) is 6.07 Å². The second-order valence-electron chi connectivity index (χ2n) is 4.82. The molecule has 1 atom stereocenters. The number of piperidine rings is 1. The lowest BCUT2D eigenvalue weighted by Gasteiger charge is -2.31. The maximum Gasteiger partial charge on any atom is 0.250 e. The summed E-state index contributed by atoms with van der Waals surface area (Å²) < 4.78 is 26.2. The molecule has 1 unspecified atom stereocenters. The van der Waals surface area contributed by atoms with Crippen molar-refractivity contribution < 1.29 is 8.42 Å². The molecular weight excluding hydrogens is 252 g/mol. The van der Waals surface area contributed by atoms with Crippen LogP contribution in [0.5, 0.6) is 0 Å². The van der Waals surface area contributed by atoms with Crippen molar-refractivity contribution in [3.05, 3.63) is 34.7 Å². The third kappa shape index (κ3) is 3.20. The van der Waals surface area contributed by atoms with Crippen molar-refractivity contribution in [1.29, 1.82) is 0 Å². The summed E-state index contributed by atoms with van der Waals surface area (Å²) in [4.78, 5) is 11.6. The van der Waals surface area contributed by atoms with Gasteiger partial charge in [-0.15, -0.1) is 0 Å². The first-order valence-electron chi connectivity index (χ1n) is 6.07. The van der Waals surface area contributed by atoms with E-state index in [1.165, 1.54) is 16.6 Å². The standard InChI is InChI=1S/C12H18N2O3S/c1-18(16,17)14-8-4-5-11(10-14)9-13-7-3-2-6-12(13)15/h2-3,6-7,11H,4-5,8-10H2,1H3. The number of nitrogens with zero attached hydrogens (tertiary/aromatic N) is 2. The van der Waals surface area contributed by atoms with Gasteiger partial charge < -0.3 is 4.57 Å². The monoisotopic (exact) mass is 270 g/mol. The van der Waals surface area contributed by atoms with E-state index in [0.29, 0.717) is 19.6 Å². The summed E-state index contributed by atoms with van der Waals surface area (Å²) in [5.74, 6) is 0.216. The molecule has 100 valence electrons. The molecule has 1 saturated heterocycles. The Kier molecular flexibility index (Phi) is 3.87. The van der Waals surface area contributed by atoms with Crippen LogP contribution < -0.4 is 5.56 Å². The minimum absolute atomic E-state index is 0.0334. The average Bonchev–Trinajstić information content (AvgIpc) is 2.31. The normalized spacial score (nSPS) is 21.9. The molecule has 2 heterocycles. The number of rotatable bonds is 3. The van der Waals surface area contributed by atoms with E-state index in [0.717, 1.165) is 12.8 Å². The first kappa shape index (κ1) is 13.3. The highest BCUT2D eigenvalue weighted by molar-refractivity contribution is 7.88. The molecule has 0 spiro atoms. The third-order valence-electron chi connectivity index (χ3n) is 3.30. The van der Waals surface area contributed by atoms with Crippen molar-refractivity contribution in [2.45, 2.75) is 19.4 Å². The van der Waals surface area contributed by atoms with Gasteiger partial charge in [0.15, 0.2) is 0 Å². The van der Waals surface area contributed by atoms with Gasteiger partial charge in [0.05, 0.1) is 6.26 Å². The zero-order chi connectivity index (χ0) is 13.2. The molecule has 2 rings (SSSR count). The molecule has 0 aliphatic carbocycles. The van der Waals surface area contributed by atoms with Crippen LogP contribution in [0.3, 0.4) is 0 Å². The molecule has 1 aliphatic heterocycles. The van der Waals surface area contributed by atoms with Crippen LogP contribution in [0.4, 0.5) is 0 Å². The minimum atomic E-state index is -3.12. The Balaban J connectivity index is 2.07. The number of aromatic nitrogens is 1. The molecule has 1 fully saturated rings. The fourth-order valence-electron chi connectivity index (χ4n) is 2.37. The lowest BCUT2D eigenvalue weighted by Crippen LogP contribution is -2.41. The Labute approximate surface area is 107 Å². The predicted octanol–water partition coefficient (Wildman–Crippen LogP) is 0.520. The molecule has 18 heavy (non-hydrogen) atoms. The number of pyridine rings is 1. The molecule has 0 radical (unpaired) electrons. The van der Waals surface area contributed by atoms with Crippen LogP contribution in [0.15, 0.2) is 29.2 Å². The second-order valence-corrected chi connectivity index (χ2v) is 6.80. The van der Waals surface area contributed by atoms with Gasteiger partial charge in [0.2, 0.25) is 10.0 Å². The van der Waals surface area contributed by atoms with Crippen molar-refractivity contribution in [1.82, 2.24) is 8.87 Å². The van der Waals surface area contributed by atoms with Crippen LogP contribution in [0.25, 0.3) is 0 Å². The molecule has 1 aromatic rings. The highest BCUT2D eigenvalue weighted by atomic mass is 32.2. The van der Waals surface area contributed by atoms with Crippen LogP contribution >= 0.6 is 0 Å². The molecule has 5 nitrogen and oxygen atoms in total. The summed E-state index contributed by atoms with van der Waals surface area (Å²) in [6, 6.07) is 5.05. The van der Waals surface area contributed by atoms with E-state index >= 15 is 0 Å². The lowest BCUT2D eigenvalue weighted by molar-refractivity contribution is 0.245. The Hall–Kier alpha value is -1.14. The topological polar surface area (TPSA) is 59.4 Å². The van der Waals surface area contributed by atoms with E-state index < -0.39 is 10.0 Å². The molecule has 0 N–H and O–H groups in total. The summed E-state index contributed by atoms with van der Waals surface area (Å²) in [6.45, 7) is 1.70. The largest absolute Gasteiger partial charge is 0.315 e. The predicted molar refractivity (Wildman–Crippen MR) is 69.8 cm³/mol. The van der Waals surface area contributed by atoms with Gasteiger partial charge in [-0.2, -0.15) is 0 Å². The van der Waals surface area contributed by atoms with E-state index in [4.69, 9.17) is 0 Å². The van der Waals surface area contributed by atoms with Crippen molar-refractivity contribution in [3.8, 4) is 0 Å². The maximum atomic E-state index is 11.6. The van der Waals surface area contributed by atoms with Gasteiger partial charge in [0.1, 0.15) is 0 Å². The number of sulfonamides is 1. The van der Waals surface area contributed by atoms with E-state index in [-0.39, 0.29) is 11.5 Å².